The van der Waals surface area contributed by atoms with Crippen LogP contribution in [0.1, 0.15) is 5.56 Å². The lowest BCUT2D eigenvalue weighted by atomic mass is 10.2. The maximum Gasteiger partial charge on any atom is 0.160 e. The highest BCUT2D eigenvalue weighted by molar-refractivity contribution is 5.81. The third-order valence-corrected chi connectivity index (χ3v) is 3.18. The lowest BCUT2D eigenvalue weighted by molar-refractivity contribution is 0.373. The molecule has 5 heteroatoms. The number of phenols is 1. The number of hydrogen-bond donors (Lipinski definition) is 3. The van der Waals surface area contributed by atoms with Crippen LogP contribution < -0.4 is 10.1 Å². The first-order valence-corrected chi connectivity index (χ1v) is 6.29. The highest BCUT2D eigenvalue weighted by Crippen LogP contribution is 2.26. The molecule has 0 saturated heterocycles. The van der Waals surface area contributed by atoms with Crippen LogP contribution in [0, 0.1) is 0 Å². The molecule has 1 aromatic heterocycles. The molecule has 2 aromatic carbocycles. The fraction of sp³-hybridized carbons (Fsp3) is 0.133. The Bertz CT molecular complexity index is 737. The second-order valence-electron chi connectivity index (χ2n) is 4.53. The normalized spacial score (nSPS) is 10.7. The molecular weight excluding hydrogens is 254 g/mol. The number of nitrogens with one attached hydrogen (secondary N) is 2. The fourth-order valence-corrected chi connectivity index (χ4v) is 2.09. The van der Waals surface area contributed by atoms with Crippen molar-refractivity contribution in [2.24, 2.45) is 0 Å². The second kappa shape index (κ2) is 5.13. The predicted molar refractivity (Wildman–Crippen MR) is 78.1 cm³/mol. The maximum atomic E-state index is 9.56. The molecule has 20 heavy (non-hydrogen) atoms. The van der Waals surface area contributed by atoms with Crippen molar-refractivity contribution in [3.05, 3.63) is 48.2 Å². The van der Waals surface area contributed by atoms with E-state index < -0.39 is 0 Å². The number of aromatic amines is 1. The van der Waals surface area contributed by atoms with Gasteiger partial charge in [-0.15, -0.1) is 0 Å². The number of hydrogen-bond acceptors (Lipinski definition) is 4. The predicted octanol–water partition coefficient (Wildman–Crippen LogP) is 2.89. The van der Waals surface area contributed by atoms with Crippen molar-refractivity contribution in [3.8, 4) is 11.5 Å². The molecule has 3 rings (SSSR count). The minimum atomic E-state index is 0.149. The van der Waals surface area contributed by atoms with Crippen molar-refractivity contribution in [2.45, 2.75) is 6.54 Å². The summed E-state index contributed by atoms with van der Waals surface area (Å²) in [4.78, 5) is 0. The molecule has 0 aliphatic heterocycles. The van der Waals surface area contributed by atoms with E-state index in [9.17, 15) is 5.11 Å². The Balaban J connectivity index is 1.75. The van der Waals surface area contributed by atoms with E-state index in [1.807, 2.05) is 30.3 Å². The van der Waals surface area contributed by atoms with Gasteiger partial charge in [0.05, 0.1) is 18.8 Å². The van der Waals surface area contributed by atoms with Crippen molar-refractivity contribution in [1.29, 1.82) is 0 Å². The lowest BCUT2D eigenvalue weighted by Gasteiger charge is -2.09. The number of methoxy groups -OCH3 is 1. The molecule has 0 unspecified atom stereocenters. The van der Waals surface area contributed by atoms with E-state index in [1.54, 1.807) is 19.4 Å². The van der Waals surface area contributed by atoms with Gasteiger partial charge in [0.1, 0.15) is 0 Å². The third kappa shape index (κ3) is 2.38. The number of aromatic hydroxyl groups is 1. The average Bonchev–Trinajstić information content (AvgIpc) is 2.94. The Morgan fingerprint density at radius 1 is 1.25 bits per heavy atom. The molecule has 0 radical (unpaired) electrons. The highest BCUT2D eigenvalue weighted by atomic mass is 16.5. The summed E-state index contributed by atoms with van der Waals surface area (Å²) in [5, 5.41) is 20.9. The molecule has 5 nitrogen and oxygen atoms in total. The van der Waals surface area contributed by atoms with Gasteiger partial charge >= 0.3 is 0 Å². The Morgan fingerprint density at radius 3 is 3.00 bits per heavy atom. The van der Waals surface area contributed by atoms with E-state index in [2.05, 4.69) is 15.5 Å². The first kappa shape index (κ1) is 12.3. The number of ether oxygens (including phenoxy) is 1. The lowest BCUT2D eigenvalue weighted by Crippen LogP contribution is -1.99. The largest absolute Gasteiger partial charge is 0.504 e. The number of H-pyrrole nitrogens is 1. The van der Waals surface area contributed by atoms with E-state index in [1.165, 1.54) is 0 Å². The molecule has 0 aliphatic carbocycles. The van der Waals surface area contributed by atoms with Gasteiger partial charge < -0.3 is 15.2 Å². The van der Waals surface area contributed by atoms with E-state index in [0.29, 0.717) is 12.3 Å². The van der Waals surface area contributed by atoms with E-state index in [0.717, 1.165) is 22.2 Å². The van der Waals surface area contributed by atoms with Crippen LogP contribution in [0.2, 0.25) is 0 Å². The van der Waals surface area contributed by atoms with Crippen LogP contribution in [0.25, 0.3) is 10.9 Å². The van der Waals surface area contributed by atoms with Gasteiger partial charge in [-0.25, -0.2) is 0 Å². The number of nitrogens with zero attached hydrogens (tertiary/aromatic N) is 1. The number of rotatable bonds is 4. The molecule has 102 valence electrons. The molecule has 0 atom stereocenters. The van der Waals surface area contributed by atoms with Crippen LogP contribution in [0.15, 0.2) is 42.6 Å². The molecule has 1 heterocycles. The van der Waals surface area contributed by atoms with Crippen molar-refractivity contribution >= 4 is 16.6 Å². The SMILES string of the molecule is COc1cc(CNc2ccc3[nH]ncc3c2)ccc1O. The molecule has 0 aliphatic rings. The van der Waals surface area contributed by atoms with Gasteiger partial charge in [0.2, 0.25) is 0 Å². The van der Waals surface area contributed by atoms with Crippen LogP contribution in [0.5, 0.6) is 11.5 Å². The van der Waals surface area contributed by atoms with E-state index in [4.69, 9.17) is 4.74 Å². The highest BCUT2D eigenvalue weighted by Gasteiger charge is 2.03. The topological polar surface area (TPSA) is 70.2 Å². The standard InChI is InChI=1S/C15H15N3O2/c1-20-15-6-10(2-5-14(15)19)8-16-12-3-4-13-11(7-12)9-17-18-13/h2-7,9,16,19H,8H2,1H3,(H,17,18). The summed E-state index contributed by atoms with van der Waals surface area (Å²) >= 11 is 0. The number of fused-ring (bicyclic) bond motifs is 1. The van der Waals surface area contributed by atoms with Gasteiger partial charge in [-0.3, -0.25) is 5.10 Å². The van der Waals surface area contributed by atoms with Gasteiger partial charge in [-0.2, -0.15) is 5.10 Å². The summed E-state index contributed by atoms with van der Waals surface area (Å²) in [7, 11) is 1.54. The number of aromatic nitrogens is 2. The Kier molecular flexibility index (Phi) is 3.16. The zero-order chi connectivity index (χ0) is 13.9. The Morgan fingerprint density at radius 2 is 2.15 bits per heavy atom. The van der Waals surface area contributed by atoms with Crippen molar-refractivity contribution in [2.75, 3.05) is 12.4 Å². The number of benzene rings is 2. The summed E-state index contributed by atoms with van der Waals surface area (Å²) < 4.78 is 5.09. The van der Waals surface area contributed by atoms with Crippen molar-refractivity contribution in [1.82, 2.24) is 10.2 Å². The Labute approximate surface area is 116 Å². The molecule has 0 bridgehead atoms. The molecule has 0 fully saturated rings. The first-order valence-electron chi connectivity index (χ1n) is 6.29. The van der Waals surface area contributed by atoms with Gasteiger partial charge in [-0.05, 0) is 35.9 Å². The van der Waals surface area contributed by atoms with Crippen LogP contribution >= 0.6 is 0 Å². The molecule has 0 amide bonds. The van der Waals surface area contributed by atoms with Gasteiger partial charge in [0.25, 0.3) is 0 Å². The summed E-state index contributed by atoms with van der Waals surface area (Å²) in [6.07, 6.45) is 1.80. The first-order chi connectivity index (χ1) is 9.76. The summed E-state index contributed by atoms with van der Waals surface area (Å²) in [6, 6.07) is 11.3. The van der Waals surface area contributed by atoms with Crippen LogP contribution in [-0.4, -0.2) is 22.4 Å². The van der Waals surface area contributed by atoms with Gasteiger partial charge in [-0.1, -0.05) is 6.07 Å². The zero-order valence-electron chi connectivity index (χ0n) is 11.1. The molecule has 3 N–H and O–H groups in total. The van der Waals surface area contributed by atoms with Crippen molar-refractivity contribution in [3.63, 3.8) is 0 Å². The van der Waals surface area contributed by atoms with Gasteiger partial charge in [0, 0.05) is 17.6 Å². The minimum Gasteiger partial charge on any atom is -0.504 e. The fourth-order valence-electron chi connectivity index (χ4n) is 2.09. The quantitative estimate of drug-likeness (QED) is 0.681. The van der Waals surface area contributed by atoms with Crippen molar-refractivity contribution < 1.29 is 9.84 Å². The third-order valence-electron chi connectivity index (χ3n) is 3.18. The minimum absolute atomic E-state index is 0.149. The molecule has 0 saturated carbocycles. The van der Waals surface area contributed by atoms with E-state index >= 15 is 0 Å². The Hall–Kier alpha value is -2.69. The number of phenolic OH excluding ortho intramolecular Hbond substituents is 1. The van der Waals surface area contributed by atoms with Gasteiger partial charge in [0.15, 0.2) is 11.5 Å². The van der Waals surface area contributed by atoms with Crippen LogP contribution in [0.3, 0.4) is 0 Å². The second-order valence-corrected chi connectivity index (χ2v) is 4.53. The van der Waals surface area contributed by atoms with Crippen LogP contribution in [-0.2, 0) is 6.54 Å². The maximum absolute atomic E-state index is 9.56. The number of anilines is 1. The molecule has 0 spiro atoms. The molecule has 3 aromatic rings. The van der Waals surface area contributed by atoms with E-state index in [-0.39, 0.29) is 5.75 Å². The summed E-state index contributed by atoms with van der Waals surface area (Å²) in [5.41, 5.74) is 3.07. The smallest absolute Gasteiger partial charge is 0.160 e. The average molecular weight is 269 g/mol. The molecular formula is C15H15N3O2. The summed E-state index contributed by atoms with van der Waals surface area (Å²) in [5.74, 6) is 0.630. The zero-order valence-corrected chi connectivity index (χ0v) is 11.1. The summed E-state index contributed by atoms with van der Waals surface area (Å²) in [6.45, 7) is 0.653. The van der Waals surface area contributed by atoms with Crippen LogP contribution in [0.4, 0.5) is 5.69 Å². The monoisotopic (exact) mass is 269 g/mol.